The molecule has 8 fully saturated rings. The summed E-state index contributed by atoms with van der Waals surface area (Å²) < 4.78 is 32.4. The summed E-state index contributed by atoms with van der Waals surface area (Å²) in [6.07, 6.45) is 14.8. The number of carbonyl (C=O) groups excluding carboxylic acids is 2. The second-order valence-corrected chi connectivity index (χ2v) is 26.7. The van der Waals surface area contributed by atoms with Crippen molar-refractivity contribution in [1.29, 1.82) is 0 Å². The first kappa shape index (κ1) is 43.9. The minimum Gasteiger partial charge on any atom is -0.481 e. The second kappa shape index (κ2) is 13.9. The van der Waals surface area contributed by atoms with Gasteiger partial charge in [0.05, 0.1) is 23.5 Å². The van der Waals surface area contributed by atoms with E-state index < -0.39 is 32.9 Å². The third-order valence-corrected chi connectivity index (χ3v) is 22.0. The first-order chi connectivity index (χ1) is 27.2. The van der Waals surface area contributed by atoms with Crippen LogP contribution in [0.1, 0.15) is 153 Å². The molecule has 7 saturated carbocycles. The van der Waals surface area contributed by atoms with E-state index in [1.807, 2.05) is 13.8 Å². The van der Waals surface area contributed by atoms with E-state index in [2.05, 4.69) is 65.6 Å². The molecule has 7 aliphatic carbocycles. The summed E-state index contributed by atoms with van der Waals surface area (Å²) in [5.41, 5.74) is -0.826. The van der Waals surface area contributed by atoms with E-state index in [9.17, 15) is 23.1 Å². The van der Waals surface area contributed by atoms with Crippen molar-refractivity contribution < 1.29 is 32.6 Å². The highest BCUT2D eigenvalue weighted by molar-refractivity contribution is 7.88. The first-order valence-electron chi connectivity index (χ1n) is 23.6. The van der Waals surface area contributed by atoms with Crippen molar-refractivity contribution in [3.05, 3.63) is 0 Å². The van der Waals surface area contributed by atoms with E-state index in [1.165, 1.54) is 38.4 Å². The predicted molar refractivity (Wildman–Crippen MR) is 229 cm³/mol. The molecule has 0 spiro atoms. The molecule has 1 saturated heterocycles. The van der Waals surface area contributed by atoms with Gasteiger partial charge in [-0.15, -0.1) is 0 Å². The zero-order valence-corrected chi connectivity index (χ0v) is 39.4. The first-order valence-corrected chi connectivity index (χ1v) is 25.4. The SMILES string of the molecule is CC(C)(CN1CCN(S(C)(=O)=O)CC1)NC(=O)[C@]12CC[C@@H](C3(C)CC3)C1[C@H]1CCC3[C@@]4(C)CC[C@H](OC(=O)[C@H]5C[C@@H](C(=O)O)C5(C)C)C(C)(C)C4CC[C@@]3(C)[C@]1(C)CC2. The van der Waals surface area contributed by atoms with Crippen LogP contribution in [-0.4, -0.2) is 91.2 Å². The van der Waals surface area contributed by atoms with Crippen molar-refractivity contribution >= 4 is 27.9 Å². The van der Waals surface area contributed by atoms with Crippen LogP contribution in [0.15, 0.2) is 0 Å². The summed E-state index contributed by atoms with van der Waals surface area (Å²) in [5.74, 6) is 0.832. The van der Waals surface area contributed by atoms with Gasteiger partial charge in [-0.25, -0.2) is 8.42 Å². The maximum atomic E-state index is 15.2. The van der Waals surface area contributed by atoms with Gasteiger partial charge in [0.2, 0.25) is 15.9 Å². The third kappa shape index (κ3) is 6.62. The second-order valence-electron chi connectivity index (χ2n) is 24.7. The molecule has 0 radical (unpaired) electrons. The fraction of sp³-hybridized carbons (Fsp3) is 0.938. The fourth-order valence-corrected chi connectivity index (χ4v) is 17.6. The maximum absolute atomic E-state index is 15.2. The van der Waals surface area contributed by atoms with Crippen LogP contribution in [0, 0.1) is 79.3 Å². The molecule has 8 aliphatic rings. The zero-order chi connectivity index (χ0) is 43.1. The Labute approximate surface area is 356 Å². The van der Waals surface area contributed by atoms with E-state index in [-0.39, 0.29) is 51.0 Å². The van der Waals surface area contributed by atoms with Gasteiger partial charge < -0.3 is 15.2 Å². The summed E-state index contributed by atoms with van der Waals surface area (Å²) in [4.78, 5) is 43.0. The van der Waals surface area contributed by atoms with Gasteiger partial charge in [0.25, 0.3) is 0 Å². The van der Waals surface area contributed by atoms with Crippen molar-refractivity contribution in [3.63, 3.8) is 0 Å². The Morgan fingerprint density at radius 1 is 0.729 bits per heavy atom. The Kier molecular flexibility index (Phi) is 10.3. The average molecular weight is 842 g/mol. The number of rotatable bonds is 9. The number of aliphatic carboxylic acids is 1. The van der Waals surface area contributed by atoms with Gasteiger partial charge in [-0.2, -0.15) is 4.31 Å². The lowest BCUT2D eigenvalue weighted by molar-refractivity contribution is -0.252. The number of hydrogen-bond acceptors (Lipinski definition) is 7. The van der Waals surface area contributed by atoms with Crippen LogP contribution in [-0.2, 0) is 29.1 Å². The monoisotopic (exact) mass is 842 g/mol. The molecule has 0 aromatic rings. The topological polar surface area (TPSA) is 133 Å². The molecule has 0 aromatic carbocycles. The number of esters is 1. The lowest BCUT2D eigenvalue weighted by Crippen LogP contribution is -2.68. The fourth-order valence-electron chi connectivity index (χ4n) is 16.7. The Balaban J connectivity index is 1.01. The van der Waals surface area contributed by atoms with Gasteiger partial charge in [-0.3, -0.25) is 19.3 Å². The number of sulfonamides is 1. The predicted octanol–water partition coefficient (Wildman–Crippen LogP) is 8.00. The number of nitrogens with one attached hydrogen (secondary N) is 1. The molecule has 0 bridgehead atoms. The number of amides is 1. The van der Waals surface area contributed by atoms with E-state index in [0.717, 1.165) is 44.9 Å². The van der Waals surface area contributed by atoms with Gasteiger partial charge in [0, 0.05) is 43.7 Å². The van der Waals surface area contributed by atoms with Crippen molar-refractivity contribution in [1.82, 2.24) is 14.5 Å². The number of hydrogen-bond donors (Lipinski definition) is 2. The molecule has 1 amide bonds. The smallest absolute Gasteiger partial charge is 0.309 e. The van der Waals surface area contributed by atoms with Crippen LogP contribution in [0.3, 0.4) is 0 Å². The van der Waals surface area contributed by atoms with Crippen molar-refractivity contribution in [2.45, 2.75) is 164 Å². The summed E-state index contributed by atoms with van der Waals surface area (Å²) in [7, 11) is -3.20. The highest BCUT2D eigenvalue weighted by Gasteiger charge is 2.74. The summed E-state index contributed by atoms with van der Waals surface area (Å²) >= 11 is 0. The molecular weight excluding hydrogens is 763 g/mol. The molecule has 59 heavy (non-hydrogen) atoms. The van der Waals surface area contributed by atoms with Crippen LogP contribution in [0.2, 0.25) is 0 Å². The molecule has 334 valence electrons. The Morgan fingerprint density at radius 2 is 1.39 bits per heavy atom. The molecular formula is C48H79N3O7S. The van der Waals surface area contributed by atoms with Crippen molar-refractivity contribution in [3.8, 4) is 0 Å². The van der Waals surface area contributed by atoms with E-state index in [4.69, 9.17) is 4.74 Å². The van der Waals surface area contributed by atoms with Crippen LogP contribution in [0.25, 0.3) is 0 Å². The summed E-state index contributed by atoms with van der Waals surface area (Å²) in [6.45, 7) is 26.3. The number of piperazine rings is 1. The standard InChI is InChI=1S/C48H79N3O7S/c1-41(2,29-50-24-26-51(27-25-50)59(11,56)57)49-40(55)48-19-14-30(44(7)20-21-44)37(48)31-12-13-35-45(8)17-16-36(58-39(54)33-28-32(38(52)53)42(33,3)4)43(5,6)34(45)15-18-47(35,10)46(31,9)22-23-48/h30-37H,12-29H2,1-11H3,(H,49,55)(H,52,53)/t30-,31-,32+,33-,34?,35?,36+,37?,45+,46-,47-,48+/m1/s1. The normalized spacial score (nSPS) is 45.1. The van der Waals surface area contributed by atoms with Crippen LogP contribution in [0.4, 0.5) is 0 Å². The van der Waals surface area contributed by atoms with Crippen LogP contribution >= 0.6 is 0 Å². The number of nitrogens with zero attached hydrogens (tertiary/aromatic N) is 2. The van der Waals surface area contributed by atoms with E-state index in [1.54, 1.807) is 4.31 Å². The summed E-state index contributed by atoms with van der Waals surface area (Å²) in [6, 6.07) is 0. The maximum Gasteiger partial charge on any atom is 0.309 e. The number of fused-ring (bicyclic) bond motifs is 7. The lowest BCUT2D eigenvalue weighted by Gasteiger charge is -2.73. The number of carboxylic acid groups (broad SMARTS) is 1. The molecule has 0 aromatic heterocycles. The molecule has 1 heterocycles. The Hall–Kier alpha value is -1.72. The molecule has 10 nitrogen and oxygen atoms in total. The quantitative estimate of drug-likeness (QED) is 0.223. The highest BCUT2D eigenvalue weighted by atomic mass is 32.2. The van der Waals surface area contributed by atoms with E-state index in [0.29, 0.717) is 74.1 Å². The summed E-state index contributed by atoms with van der Waals surface area (Å²) in [5, 5.41) is 13.4. The molecule has 3 unspecified atom stereocenters. The van der Waals surface area contributed by atoms with Gasteiger partial charge in [-0.1, -0.05) is 55.4 Å². The van der Waals surface area contributed by atoms with Gasteiger partial charge in [0.1, 0.15) is 6.10 Å². The molecule has 8 rings (SSSR count). The molecule has 12 atom stereocenters. The van der Waals surface area contributed by atoms with Crippen molar-refractivity contribution in [2.24, 2.45) is 79.3 Å². The minimum absolute atomic E-state index is 0.123. The number of carboxylic acids is 1. The van der Waals surface area contributed by atoms with Crippen LogP contribution < -0.4 is 5.32 Å². The molecule has 1 aliphatic heterocycles. The van der Waals surface area contributed by atoms with Gasteiger partial charge in [0.15, 0.2) is 0 Å². The zero-order valence-electron chi connectivity index (χ0n) is 38.5. The Bertz CT molecular complexity index is 1830. The minimum atomic E-state index is -3.20. The highest BCUT2D eigenvalue weighted by Crippen LogP contribution is 2.79. The van der Waals surface area contributed by atoms with Gasteiger partial charge in [-0.05, 0) is 154 Å². The van der Waals surface area contributed by atoms with E-state index >= 15 is 4.79 Å². The van der Waals surface area contributed by atoms with Crippen LogP contribution in [0.5, 0.6) is 0 Å². The Morgan fingerprint density at radius 3 is 1.98 bits per heavy atom. The molecule has 11 heteroatoms. The van der Waals surface area contributed by atoms with Crippen molar-refractivity contribution in [2.75, 3.05) is 39.0 Å². The average Bonchev–Trinajstić information content (AvgIpc) is 3.73. The lowest BCUT2D eigenvalue weighted by atomic mass is 9.32. The molecule has 2 N–H and O–H groups in total. The largest absolute Gasteiger partial charge is 0.481 e. The van der Waals surface area contributed by atoms with Gasteiger partial charge >= 0.3 is 11.9 Å². The third-order valence-electron chi connectivity index (χ3n) is 20.7. The number of carbonyl (C=O) groups is 3. The number of ether oxygens (including phenoxy) is 1.